The molecule has 158 valence electrons. The first-order chi connectivity index (χ1) is 15.1. The minimum atomic E-state index is -0.511. The lowest BCUT2D eigenvalue weighted by molar-refractivity contribution is 0.0553. The highest BCUT2D eigenvalue weighted by molar-refractivity contribution is 6.07. The fraction of sp³-hybridized carbons (Fsp3) is 0.259. The molecular weight excluding hydrogens is 388 g/mol. The maximum atomic E-state index is 12.8. The summed E-state index contributed by atoms with van der Waals surface area (Å²) >= 11 is 0. The van der Waals surface area contributed by atoms with Gasteiger partial charge in [0.25, 0.3) is 0 Å². The molecule has 3 aromatic rings. The smallest absolute Gasteiger partial charge is 0.339 e. The number of esters is 2. The topological polar surface area (TPSA) is 52.6 Å². The van der Waals surface area contributed by atoms with E-state index in [-0.39, 0.29) is 0 Å². The Balaban J connectivity index is 2.01. The van der Waals surface area contributed by atoms with E-state index < -0.39 is 11.9 Å². The van der Waals surface area contributed by atoms with E-state index in [0.29, 0.717) is 23.5 Å². The summed E-state index contributed by atoms with van der Waals surface area (Å²) in [4.78, 5) is 25.6. The van der Waals surface area contributed by atoms with Gasteiger partial charge in [-0.1, -0.05) is 60.7 Å². The highest BCUT2D eigenvalue weighted by Crippen LogP contribution is 2.43. The number of carbonyl (C=O) groups is 2. The van der Waals surface area contributed by atoms with Gasteiger partial charge in [0.2, 0.25) is 0 Å². The number of carbonyl (C=O) groups excluding carboxylic acids is 2. The number of methoxy groups -OCH3 is 2. The minimum Gasteiger partial charge on any atom is -0.465 e. The summed E-state index contributed by atoms with van der Waals surface area (Å²) in [6, 6.07) is 20.5. The van der Waals surface area contributed by atoms with Gasteiger partial charge in [0.05, 0.1) is 25.3 Å². The molecule has 0 saturated heterocycles. The second kappa shape index (κ2) is 8.76. The Morgan fingerprint density at radius 3 is 2.00 bits per heavy atom. The van der Waals surface area contributed by atoms with Crippen molar-refractivity contribution in [3.63, 3.8) is 0 Å². The van der Waals surface area contributed by atoms with Gasteiger partial charge in [-0.2, -0.15) is 0 Å². The van der Waals surface area contributed by atoms with Gasteiger partial charge in [-0.25, -0.2) is 9.59 Å². The number of hydrogen-bond donors (Lipinski definition) is 0. The van der Waals surface area contributed by atoms with Crippen LogP contribution in [0.2, 0.25) is 0 Å². The third-order valence-corrected chi connectivity index (χ3v) is 6.27. The zero-order valence-electron chi connectivity index (χ0n) is 18.1. The van der Waals surface area contributed by atoms with Crippen molar-refractivity contribution in [2.75, 3.05) is 14.2 Å². The average Bonchev–Trinajstić information content (AvgIpc) is 2.83. The molecule has 0 spiro atoms. The highest BCUT2D eigenvalue weighted by atomic mass is 16.5. The standard InChI is InChI=1S/C27H26O4/c1-17-23(19-12-8-5-9-13-19)22-16-20(18-10-6-4-7-11-18)14-15-21(22)25(27(29)31-3)24(17)26(28)30-2/h4-13,20H,14-16H2,1-3H3. The van der Waals surface area contributed by atoms with Gasteiger partial charge in [0.1, 0.15) is 0 Å². The largest absolute Gasteiger partial charge is 0.465 e. The fourth-order valence-electron chi connectivity index (χ4n) is 4.85. The molecule has 1 atom stereocenters. The zero-order chi connectivity index (χ0) is 22.0. The number of hydrogen-bond acceptors (Lipinski definition) is 4. The molecule has 31 heavy (non-hydrogen) atoms. The van der Waals surface area contributed by atoms with Crippen LogP contribution in [0.4, 0.5) is 0 Å². The number of ether oxygens (including phenoxy) is 2. The van der Waals surface area contributed by atoms with Crippen molar-refractivity contribution >= 4 is 11.9 Å². The van der Waals surface area contributed by atoms with Crippen LogP contribution in [-0.4, -0.2) is 26.2 Å². The van der Waals surface area contributed by atoms with Crippen molar-refractivity contribution in [1.82, 2.24) is 0 Å². The van der Waals surface area contributed by atoms with Crippen LogP contribution in [0.15, 0.2) is 60.7 Å². The van der Waals surface area contributed by atoms with Crippen LogP contribution in [0.5, 0.6) is 0 Å². The molecule has 0 fully saturated rings. The normalized spacial score (nSPS) is 15.1. The average molecular weight is 415 g/mol. The van der Waals surface area contributed by atoms with Crippen LogP contribution in [0.3, 0.4) is 0 Å². The van der Waals surface area contributed by atoms with E-state index >= 15 is 0 Å². The Kier molecular flexibility index (Phi) is 5.90. The van der Waals surface area contributed by atoms with Crippen molar-refractivity contribution in [2.45, 2.75) is 32.1 Å². The molecule has 0 radical (unpaired) electrons. The molecule has 0 aliphatic heterocycles. The van der Waals surface area contributed by atoms with Crippen LogP contribution in [0.1, 0.15) is 55.3 Å². The molecule has 0 bridgehead atoms. The SMILES string of the molecule is COC(=O)c1c(C)c(-c2ccccc2)c2c(c1C(=O)OC)CCC(c1ccccc1)C2. The van der Waals surface area contributed by atoms with E-state index in [4.69, 9.17) is 9.47 Å². The van der Waals surface area contributed by atoms with Gasteiger partial charge < -0.3 is 9.47 Å². The Labute approximate surface area is 182 Å². The van der Waals surface area contributed by atoms with E-state index in [9.17, 15) is 9.59 Å². The van der Waals surface area contributed by atoms with Crippen LogP contribution in [-0.2, 0) is 22.3 Å². The first-order valence-electron chi connectivity index (χ1n) is 10.5. The van der Waals surface area contributed by atoms with Gasteiger partial charge in [-0.3, -0.25) is 0 Å². The summed E-state index contributed by atoms with van der Waals surface area (Å²) in [7, 11) is 2.70. The van der Waals surface area contributed by atoms with Crippen LogP contribution < -0.4 is 0 Å². The third kappa shape index (κ3) is 3.74. The Morgan fingerprint density at radius 2 is 1.39 bits per heavy atom. The van der Waals surface area contributed by atoms with Gasteiger partial charge in [-0.15, -0.1) is 0 Å². The molecule has 4 rings (SSSR count). The molecule has 1 aliphatic carbocycles. The second-order valence-electron chi connectivity index (χ2n) is 7.91. The van der Waals surface area contributed by atoms with Crippen LogP contribution >= 0.6 is 0 Å². The molecule has 4 nitrogen and oxygen atoms in total. The third-order valence-electron chi connectivity index (χ3n) is 6.27. The second-order valence-corrected chi connectivity index (χ2v) is 7.91. The van der Waals surface area contributed by atoms with Gasteiger partial charge in [-0.05, 0) is 65.5 Å². The van der Waals surface area contributed by atoms with Crippen LogP contribution in [0, 0.1) is 6.92 Å². The number of rotatable bonds is 4. The highest BCUT2D eigenvalue weighted by Gasteiger charge is 2.34. The maximum Gasteiger partial charge on any atom is 0.339 e. The molecule has 0 saturated carbocycles. The fourth-order valence-corrected chi connectivity index (χ4v) is 4.85. The molecule has 4 heteroatoms. The van der Waals surface area contributed by atoms with Crippen molar-refractivity contribution in [1.29, 1.82) is 0 Å². The Morgan fingerprint density at radius 1 is 0.806 bits per heavy atom. The quantitative estimate of drug-likeness (QED) is 0.529. The summed E-state index contributed by atoms with van der Waals surface area (Å²) in [6.07, 6.45) is 2.40. The van der Waals surface area contributed by atoms with Crippen molar-refractivity contribution in [2.24, 2.45) is 0 Å². The summed E-state index contributed by atoms with van der Waals surface area (Å²) in [6.45, 7) is 1.90. The van der Waals surface area contributed by atoms with Crippen LogP contribution in [0.25, 0.3) is 11.1 Å². The first-order valence-corrected chi connectivity index (χ1v) is 10.5. The number of fused-ring (bicyclic) bond motifs is 1. The lowest BCUT2D eigenvalue weighted by Gasteiger charge is -2.31. The van der Waals surface area contributed by atoms with Crippen molar-refractivity contribution in [3.8, 4) is 11.1 Å². The minimum absolute atomic E-state index is 0.310. The molecule has 0 amide bonds. The first kappa shape index (κ1) is 20.9. The maximum absolute atomic E-state index is 12.8. The Bertz CT molecular complexity index is 1120. The molecule has 1 unspecified atom stereocenters. The summed E-state index contributed by atoms with van der Waals surface area (Å²) in [5, 5.41) is 0. The van der Waals surface area contributed by atoms with Gasteiger partial charge >= 0.3 is 11.9 Å². The molecule has 0 aromatic heterocycles. The number of benzene rings is 3. The molecule has 0 heterocycles. The Hall–Kier alpha value is -3.40. The molecule has 0 N–H and O–H groups in total. The predicted molar refractivity (Wildman–Crippen MR) is 121 cm³/mol. The van der Waals surface area contributed by atoms with Gasteiger partial charge in [0, 0.05) is 0 Å². The molecule has 3 aromatic carbocycles. The van der Waals surface area contributed by atoms with Crippen molar-refractivity contribution < 1.29 is 19.1 Å². The van der Waals surface area contributed by atoms with E-state index in [1.165, 1.54) is 19.8 Å². The lowest BCUT2D eigenvalue weighted by atomic mass is 9.73. The van der Waals surface area contributed by atoms with Gasteiger partial charge in [0.15, 0.2) is 0 Å². The summed E-state index contributed by atoms with van der Waals surface area (Å²) < 4.78 is 10.2. The zero-order valence-corrected chi connectivity index (χ0v) is 18.1. The monoisotopic (exact) mass is 414 g/mol. The van der Waals surface area contributed by atoms with E-state index in [2.05, 4.69) is 24.3 Å². The summed E-state index contributed by atoms with van der Waals surface area (Å²) in [5.74, 6) is -0.648. The van der Waals surface area contributed by atoms with E-state index in [0.717, 1.165) is 40.7 Å². The van der Waals surface area contributed by atoms with E-state index in [1.807, 2.05) is 43.3 Å². The predicted octanol–water partition coefficient (Wildman–Crippen LogP) is 5.51. The molecule has 1 aliphatic rings. The lowest BCUT2D eigenvalue weighted by Crippen LogP contribution is -2.23. The van der Waals surface area contributed by atoms with E-state index in [1.54, 1.807) is 0 Å². The summed E-state index contributed by atoms with van der Waals surface area (Å²) in [5.41, 5.74) is 6.79. The van der Waals surface area contributed by atoms with Crippen molar-refractivity contribution in [3.05, 3.63) is 94.0 Å². The molecular formula is C27H26O4.